The lowest BCUT2D eigenvalue weighted by Crippen LogP contribution is -2.50. The van der Waals surface area contributed by atoms with Gasteiger partial charge in [0.2, 0.25) is 5.91 Å². The molecule has 0 aromatic carbocycles. The number of nitrogens with zero attached hydrogens (tertiary/aromatic N) is 2. The maximum Gasteiger partial charge on any atom is 0.244 e. The summed E-state index contributed by atoms with van der Waals surface area (Å²) in [4.78, 5) is 17.2. The Balaban J connectivity index is 2.09. The Hall–Kier alpha value is -0.610. The van der Waals surface area contributed by atoms with Crippen molar-refractivity contribution in [2.75, 3.05) is 19.6 Å². The number of hydrogen-bond acceptors (Lipinski definition) is 3. The fourth-order valence-corrected chi connectivity index (χ4v) is 3.18. The van der Waals surface area contributed by atoms with Gasteiger partial charge in [-0.05, 0) is 38.8 Å². The molecule has 1 saturated heterocycles. The van der Waals surface area contributed by atoms with E-state index in [0.717, 1.165) is 32.5 Å². The van der Waals surface area contributed by atoms with Crippen molar-refractivity contribution in [3.8, 4) is 0 Å². The Morgan fingerprint density at radius 1 is 1.32 bits per heavy atom. The summed E-state index contributed by atoms with van der Waals surface area (Å²) in [5.74, 6) is 0.800. The first-order valence-electron chi connectivity index (χ1n) is 7.78. The molecule has 2 rings (SSSR count). The predicted octanol–water partition coefficient (Wildman–Crippen LogP) is 1.66. The Labute approximate surface area is 117 Å². The van der Waals surface area contributed by atoms with Crippen LogP contribution in [0.1, 0.15) is 47.5 Å². The second kappa shape index (κ2) is 5.41. The molecule has 0 aromatic rings. The van der Waals surface area contributed by atoms with Gasteiger partial charge < -0.3 is 9.80 Å². The molecule has 1 heterocycles. The van der Waals surface area contributed by atoms with E-state index in [1.807, 2.05) is 0 Å². The van der Waals surface area contributed by atoms with E-state index in [2.05, 4.69) is 49.7 Å². The zero-order valence-corrected chi connectivity index (χ0v) is 13.1. The summed E-state index contributed by atoms with van der Waals surface area (Å²) in [6.07, 6.45) is 2.24. The summed E-state index contributed by atoms with van der Waals surface area (Å²) in [6, 6.07) is 0.285. The standard InChI is InChI=1S/C15H29N3O/c1-6-17(7-2)10-12(5)18-13(11(3)4)16-15(8-9-15)14(18)19/h11-13,16H,6-10H2,1-5H3. The van der Waals surface area contributed by atoms with Crippen molar-refractivity contribution in [3.63, 3.8) is 0 Å². The quantitative estimate of drug-likeness (QED) is 0.795. The summed E-state index contributed by atoms with van der Waals surface area (Å²) in [5.41, 5.74) is -0.188. The first kappa shape index (κ1) is 14.8. The number of nitrogens with one attached hydrogen (secondary N) is 1. The van der Waals surface area contributed by atoms with Crippen molar-refractivity contribution in [1.82, 2.24) is 15.1 Å². The molecule has 2 fully saturated rings. The lowest BCUT2D eigenvalue weighted by Gasteiger charge is -2.35. The van der Waals surface area contributed by atoms with Crippen LogP contribution >= 0.6 is 0 Å². The normalized spacial score (nSPS) is 26.8. The second-order valence-corrected chi connectivity index (χ2v) is 6.46. The van der Waals surface area contributed by atoms with Crippen LogP contribution in [0.25, 0.3) is 0 Å². The van der Waals surface area contributed by atoms with E-state index in [-0.39, 0.29) is 17.7 Å². The van der Waals surface area contributed by atoms with Gasteiger partial charge in [0.05, 0.1) is 11.7 Å². The average Bonchev–Trinajstić information content (AvgIpc) is 3.08. The zero-order chi connectivity index (χ0) is 14.2. The highest BCUT2D eigenvalue weighted by Gasteiger charge is 2.60. The molecule has 1 aliphatic carbocycles. The molecule has 1 aliphatic heterocycles. The minimum atomic E-state index is -0.188. The van der Waals surface area contributed by atoms with Gasteiger partial charge in [0.1, 0.15) is 0 Å². The van der Waals surface area contributed by atoms with Crippen molar-refractivity contribution in [2.24, 2.45) is 5.92 Å². The van der Waals surface area contributed by atoms with Gasteiger partial charge in [-0.3, -0.25) is 10.1 Å². The third-order valence-electron chi connectivity index (χ3n) is 4.64. The molecule has 1 amide bonds. The van der Waals surface area contributed by atoms with Crippen LogP contribution in [0.2, 0.25) is 0 Å². The topological polar surface area (TPSA) is 35.6 Å². The lowest BCUT2D eigenvalue weighted by atomic mass is 10.1. The molecule has 1 N–H and O–H groups in total. The van der Waals surface area contributed by atoms with E-state index in [0.29, 0.717) is 11.8 Å². The van der Waals surface area contributed by atoms with Crippen molar-refractivity contribution < 1.29 is 4.79 Å². The Kier molecular flexibility index (Phi) is 4.21. The maximum absolute atomic E-state index is 12.6. The van der Waals surface area contributed by atoms with E-state index >= 15 is 0 Å². The van der Waals surface area contributed by atoms with Gasteiger partial charge in [0, 0.05) is 12.6 Å². The lowest BCUT2D eigenvalue weighted by molar-refractivity contribution is -0.133. The molecule has 1 spiro atoms. The van der Waals surface area contributed by atoms with E-state index < -0.39 is 0 Å². The van der Waals surface area contributed by atoms with Crippen molar-refractivity contribution in [2.45, 2.75) is 65.2 Å². The molecule has 2 unspecified atom stereocenters. The summed E-state index contributed by atoms with van der Waals surface area (Å²) in [6.45, 7) is 14.0. The summed E-state index contributed by atoms with van der Waals surface area (Å²) < 4.78 is 0. The van der Waals surface area contributed by atoms with Crippen LogP contribution in [0.5, 0.6) is 0 Å². The number of carbonyl (C=O) groups excluding carboxylic acids is 1. The molecule has 2 atom stereocenters. The minimum absolute atomic E-state index is 0.188. The van der Waals surface area contributed by atoms with Gasteiger partial charge in [0.25, 0.3) is 0 Å². The van der Waals surface area contributed by atoms with E-state index in [1.54, 1.807) is 0 Å². The molecular weight excluding hydrogens is 238 g/mol. The van der Waals surface area contributed by atoms with Crippen molar-refractivity contribution >= 4 is 5.91 Å². The van der Waals surface area contributed by atoms with Gasteiger partial charge in [-0.2, -0.15) is 0 Å². The summed E-state index contributed by atoms with van der Waals surface area (Å²) in [5, 5.41) is 3.59. The Morgan fingerprint density at radius 3 is 2.32 bits per heavy atom. The van der Waals surface area contributed by atoms with Gasteiger partial charge in [0.15, 0.2) is 0 Å². The van der Waals surface area contributed by atoms with Gasteiger partial charge in [-0.25, -0.2) is 0 Å². The smallest absolute Gasteiger partial charge is 0.244 e. The largest absolute Gasteiger partial charge is 0.321 e. The molecule has 4 heteroatoms. The van der Waals surface area contributed by atoms with Gasteiger partial charge in [-0.15, -0.1) is 0 Å². The van der Waals surface area contributed by atoms with E-state index in [1.165, 1.54) is 0 Å². The minimum Gasteiger partial charge on any atom is -0.321 e. The molecule has 19 heavy (non-hydrogen) atoms. The number of amides is 1. The van der Waals surface area contributed by atoms with Crippen LogP contribution in [-0.2, 0) is 4.79 Å². The molecule has 0 bridgehead atoms. The third-order valence-corrected chi connectivity index (χ3v) is 4.64. The highest BCUT2D eigenvalue weighted by Crippen LogP contribution is 2.43. The van der Waals surface area contributed by atoms with Crippen molar-refractivity contribution in [3.05, 3.63) is 0 Å². The fraction of sp³-hybridized carbons (Fsp3) is 0.933. The molecule has 2 aliphatic rings. The van der Waals surface area contributed by atoms with Crippen LogP contribution in [0, 0.1) is 5.92 Å². The van der Waals surface area contributed by atoms with E-state index in [9.17, 15) is 4.79 Å². The summed E-state index contributed by atoms with van der Waals surface area (Å²) >= 11 is 0. The molecule has 4 nitrogen and oxygen atoms in total. The van der Waals surface area contributed by atoms with Crippen LogP contribution in [0.15, 0.2) is 0 Å². The number of likely N-dealkylation sites (N-methyl/N-ethyl adjacent to an activating group) is 1. The second-order valence-electron chi connectivity index (χ2n) is 6.46. The third kappa shape index (κ3) is 2.65. The first-order valence-corrected chi connectivity index (χ1v) is 7.78. The average molecular weight is 267 g/mol. The number of hydrogen-bond donors (Lipinski definition) is 1. The molecular formula is C15H29N3O. The fourth-order valence-electron chi connectivity index (χ4n) is 3.18. The molecule has 110 valence electrons. The molecule has 0 aromatic heterocycles. The Bertz CT molecular complexity index is 334. The SMILES string of the molecule is CCN(CC)CC(C)N1C(=O)C2(CC2)NC1C(C)C. The monoisotopic (exact) mass is 267 g/mol. The van der Waals surface area contributed by atoms with Crippen LogP contribution in [0.4, 0.5) is 0 Å². The van der Waals surface area contributed by atoms with E-state index in [4.69, 9.17) is 0 Å². The Morgan fingerprint density at radius 2 is 1.89 bits per heavy atom. The summed E-state index contributed by atoms with van der Waals surface area (Å²) in [7, 11) is 0. The van der Waals surface area contributed by atoms with Crippen LogP contribution in [-0.4, -0.2) is 53.1 Å². The predicted molar refractivity (Wildman–Crippen MR) is 77.8 cm³/mol. The van der Waals surface area contributed by atoms with Gasteiger partial charge >= 0.3 is 0 Å². The number of carbonyl (C=O) groups is 1. The van der Waals surface area contributed by atoms with Crippen LogP contribution in [0.3, 0.4) is 0 Å². The molecule has 1 saturated carbocycles. The number of rotatable bonds is 6. The molecule has 0 radical (unpaired) electrons. The zero-order valence-electron chi connectivity index (χ0n) is 13.1. The van der Waals surface area contributed by atoms with Crippen LogP contribution < -0.4 is 5.32 Å². The highest BCUT2D eigenvalue weighted by atomic mass is 16.2. The van der Waals surface area contributed by atoms with Crippen molar-refractivity contribution in [1.29, 1.82) is 0 Å². The maximum atomic E-state index is 12.6. The first-order chi connectivity index (χ1) is 8.95. The highest BCUT2D eigenvalue weighted by molar-refractivity contribution is 5.92. The van der Waals surface area contributed by atoms with Gasteiger partial charge in [-0.1, -0.05) is 27.7 Å².